The van der Waals surface area contributed by atoms with Crippen LogP contribution in [0, 0.1) is 13.8 Å². The molecule has 0 aliphatic rings. The Balaban J connectivity index is 2.02. The number of nitrogens with one attached hydrogen (secondary N) is 1. The zero-order valence-corrected chi connectivity index (χ0v) is 13.0. The van der Waals surface area contributed by atoms with Crippen LogP contribution < -0.4 is 5.32 Å². The van der Waals surface area contributed by atoms with Gasteiger partial charge >= 0.3 is 0 Å². The molecule has 1 amide bonds. The molecule has 2 aromatic heterocycles. The molecule has 18 heavy (non-hydrogen) atoms. The van der Waals surface area contributed by atoms with E-state index in [9.17, 15) is 4.79 Å². The topological polar surface area (TPSA) is 34.0 Å². The van der Waals surface area contributed by atoms with Crippen molar-refractivity contribution >= 4 is 33.2 Å². The van der Waals surface area contributed by atoms with E-state index in [1.165, 1.54) is 15.3 Å². The molecule has 0 radical (unpaired) electrons. The molecule has 1 N–H and O–H groups in total. The summed E-state index contributed by atoms with van der Waals surface area (Å²) in [5.41, 5.74) is 1.94. The molecule has 2 rings (SSSR count). The van der Waals surface area contributed by atoms with Crippen molar-refractivity contribution in [2.75, 3.05) is 0 Å². The lowest BCUT2D eigenvalue weighted by atomic mass is 10.3. The quantitative estimate of drug-likeness (QED) is 0.921. The zero-order valence-electron chi connectivity index (χ0n) is 10.6. The van der Waals surface area contributed by atoms with Gasteiger partial charge in [-0.2, -0.15) is 0 Å². The molecule has 0 unspecified atom stereocenters. The number of carbonyl (C=O) groups excluding carboxylic acids is 1. The summed E-state index contributed by atoms with van der Waals surface area (Å²) < 4.78 is 2.72. The molecule has 0 atom stereocenters. The van der Waals surface area contributed by atoms with Crippen LogP contribution in [0.3, 0.4) is 0 Å². The number of carbonyl (C=O) groups is 1. The summed E-state index contributed by atoms with van der Waals surface area (Å²) in [4.78, 5) is 14.5. The normalized spacial score (nSPS) is 10.7. The first-order chi connectivity index (χ1) is 8.47. The van der Waals surface area contributed by atoms with Crippen LogP contribution in [0.5, 0.6) is 0 Å². The van der Waals surface area contributed by atoms with Crippen LogP contribution in [-0.2, 0) is 13.6 Å². The monoisotopic (exact) mass is 326 g/mol. The summed E-state index contributed by atoms with van der Waals surface area (Å²) in [7, 11) is 1.86. The van der Waals surface area contributed by atoms with Crippen LogP contribution in [0.25, 0.3) is 0 Å². The van der Waals surface area contributed by atoms with Gasteiger partial charge in [0.1, 0.15) is 5.69 Å². The lowest BCUT2D eigenvalue weighted by Crippen LogP contribution is -2.24. The van der Waals surface area contributed by atoms with Crippen molar-refractivity contribution < 1.29 is 4.79 Å². The standard InChI is InChI=1S/C13H15BrN2OS/c1-8-4-11(18-9(8)2)6-15-13(17)12-5-10(14)7-16(12)3/h4-5,7H,6H2,1-3H3,(H,15,17). The van der Waals surface area contributed by atoms with Gasteiger partial charge in [0.15, 0.2) is 0 Å². The Morgan fingerprint density at radius 3 is 2.67 bits per heavy atom. The van der Waals surface area contributed by atoms with Crippen LogP contribution >= 0.6 is 27.3 Å². The second-order valence-corrected chi connectivity index (χ2v) is 6.55. The van der Waals surface area contributed by atoms with E-state index in [2.05, 4.69) is 41.2 Å². The van der Waals surface area contributed by atoms with E-state index in [0.717, 1.165) is 4.47 Å². The summed E-state index contributed by atoms with van der Waals surface area (Å²) in [6, 6.07) is 3.95. The first kappa shape index (κ1) is 13.4. The van der Waals surface area contributed by atoms with Crippen molar-refractivity contribution in [3.8, 4) is 0 Å². The van der Waals surface area contributed by atoms with Crippen molar-refractivity contribution in [2.45, 2.75) is 20.4 Å². The first-order valence-corrected chi connectivity index (χ1v) is 7.24. The predicted molar refractivity (Wildman–Crippen MR) is 78.1 cm³/mol. The highest BCUT2D eigenvalue weighted by Crippen LogP contribution is 2.20. The third-order valence-corrected chi connectivity index (χ3v) is 4.43. The van der Waals surface area contributed by atoms with Gasteiger partial charge in [-0.3, -0.25) is 4.79 Å². The van der Waals surface area contributed by atoms with Gasteiger partial charge in [0.05, 0.1) is 6.54 Å². The Morgan fingerprint density at radius 1 is 1.44 bits per heavy atom. The van der Waals surface area contributed by atoms with Gasteiger partial charge < -0.3 is 9.88 Å². The molecule has 96 valence electrons. The van der Waals surface area contributed by atoms with Crippen LogP contribution in [0.4, 0.5) is 0 Å². The molecule has 0 spiro atoms. The Kier molecular flexibility index (Phi) is 3.92. The molecule has 0 saturated carbocycles. The van der Waals surface area contributed by atoms with Crippen molar-refractivity contribution in [3.05, 3.63) is 43.8 Å². The second-order valence-electron chi connectivity index (χ2n) is 4.29. The fourth-order valence-corrected chi connectivity index (χ4v) is 3.26. The molecule has 3 nitrogen and oxygen atoms in total. The number of amides is 1. The van der Waals surface area contributed by atoms with Gasteiger partial charge in [0, 0.05) is 27.5 Å². The summed E-state index contributed by atoms with van der Waals surface area (Å²) in [6.45, 7) is 4.77. The van der Waals surface area contributed by atoms with Crippen LogP contribution in [0.15, 0.2) is 22.8 Å². The third kappa shape index (κ3) is 2.84. The molecule has 0 saturated heterocycles. The van der Waals surface area contributed by atoms with Crippen LogP contribution in [-0.4, -0.2) is 10.5 Å². The summed E-state index contributed by atoms with van der Waals surface area (Å²) in [5.74, 6) is -0.0492. The molecule has 0 fully saturated rings. The van der Waals surface area contributed by atoms with Gasteiger partial charge in [-0.25, -0.2) is 0 Å². The highest BCUT2D eigenvalue weighted by Gasteiger charge is 2.11. The van der Waals surface area contributed by atoms with Gasteiger partial charge in [0.25, 0.3) is 5.91 Å². The number of hydrogen-bond donors (Lipinski definition) is 1. The van der Waals surface area contributed by atoms with E-state index in [0.29, 0.717) is 12.2 Å². The molecule has 5 heteroatoms. The summed E-state index contributed by atoms with van der Waals surface area (Å²) in [6.07, 6.45) is 1.87. The van der Waals surface area contributed by atoms with E-state index < -0.39 is 0 Å². The lowest BCUT2D eigenvalue weighted by Gasteiger charge is -2.04. The zero-order chi connectivity index (χ0) is 13.3. The van der Waals surface area contributed by atoms with E-state index in [1.54, 1.807) is 11.3 Å². The summed E-state index contributed by atoms with van der Waals surface area (Å²) >= 11 is 5.09. The smallest absolute Gasteiger partial charge is 0.268 e. The van der Waals surface area contributed by atoms with E-state index in [1.807, 2.05) is 23.9 Å². The number of nitrogens with zero attached hydrogens (tertiary/aromatic N) is 1. The fraction of sp³-hybridized carbons (Fsp3) is 0.308. The van der Waals surface area contributed by atoms with Crippen molar-refractivity contribution in [3.63, 3.8) is 0 Å². The highest BCUT2D eigenvalue weighted by atomic mass is 79.9. The summed E-state index contributed by atoms with van der Waals surface area (Å²) in [5, 5.41) is 2.94. The van der Waals surface area contributed by atoms with Crippen molar-refractivity contribution in [1.29, 1.82) is 0 Å². The minimum absolute atomic E-state index is 0.0492. The second kappa shape index (κ2) is 5.28. The highest BCUT2D eigenvalue weighted by molar-refractivity contribution is 9.10. The van der Waals surface area contributed by atoms with Gasteiger partial charge in [0.2, 0.25) is 0 Å². The number of thiophene rings is 1. The maximum atomic E-state index is 12.0. The SMILES string of the molecule is Cc1cc(CNC(=O)c2cc(Br)cn2C)sc1C. The Labute approximate surface area is 119 Å². The Bertz CT molecular complexity index is 566. The van der Waals surface area contributed by atoms with E-state index >= 15 is 0 Å². The molecule has 2 aromatic rings. The number of halogens is 1. The maximum Gasteiger partial charge on any atom is 0.268 e. The fourth-order valence-electron chi connectivity index (χ4n) is 1.74. The third-order valence-electron chi connectivity index (χ3n) is 2.84. The largest absolute Gasteiger partial charge is 0.346 e. The number of rotatable bonds is 3. The van der Waals surface area contributed by atoms with E-state index in [4.69, 9.17) is 0 Å². The average Bonchev–Trinajstić information content (AvgIpc) is 2.79. The molecular weight excluding hydrogens is 312 g/mol. The minimum atomic E-state index is -0.0492. The minimum Gasteiger partial charge on any atom is -0.346 e. The Morgan fingerprint density at radius 2 is 2.17 bits per heavy atom. The number of aromatic nitrogens is 1. The van der Waals surface area contributed by atoms with Crippen LogP contribution in [0.1, 0.15) is 25.8 Å². The molecule has 0 aliphatic carbocycles. The first-order valence-electron chi connectivity index (χ1n) is 5.63. The number of aryl methyl sites for hydroxylation is 3. The Hall–Kier alpha value is -1.07. The van der Waals surface area contributed by atoms with Crippen molar-refractivity contribution in [2.24, 2.45) is 7.05 Å². The average molecular weight is 327 g/mol. The lowest BCUT2D eigenvalue weighted by molar-refractivity contribution is 0.0943. The molecule has 2 heterocycles. The van der Waals surface area contributed by atoms with E-state index in [-0.39, 0.29) is 5.91 Å². The molecule has 0 bridgehead atoms. The van der Waals surface area contributed by atoms with Gasteiger partial charge in [-0.15, -0.1) is 11.3 Å². The van der Waals surface area contributed by atoms with Crippen LogP contribution in [0.2, 0.25) is 0 Å². The number of hydrogen-bond acceptors (Lipinski definition) is 2. The molecule has 0 aliphatic heterocycles. The molecule has 0 aromatic carbocycles. The van der Waals surface area contributed by atoms with Crippen molar-refractivity contribution in [1.82, 2.24) is 9.88 Å². The van der Waals surface area contributed by atoms with Gasteiger partial charge in [-0.1, -0.05) is 0 Å². The van der Waals surface area contributed by atoms with Gasteiger partial charge in [-0.05, 0) is 47.5 Å². The predicted octanol–water partition coefficient (Wildman–Crippen LogP) is 3.40. The molecular formula is C13H15BrN2OS. The maximum absolute atomic E-state index is 12.0.